The first-order valence-corrected chi connectivity index (χ1v) is 9.43. The summed E-state index contributed by atoms with van der Waals surface area (Å²) in [6.07, 6.45) is 3.77. The maximum atomic E-state index is 12.9. The van der Waals surface area contributed by atoms with Crippen LogP contribution in [0.1, 0.15) is 26.2 Å². The van der Waals surface area contributed by atoms with E-state index in [1.54, 1.807) is 30.3 Å². The molecule has 0 saturated heterocycles. The third-order valence-electron chi connectivity index (χ3n) is 3.69. The molecule has 0 aliphatic heterocycles. The van der Waals surface area contributed by atoms with Gasteiger partial charge in [-0.2, -0.15) is 0 Å². The van der Waals surface area contributed by atoms with Gasteiger partial charge in [-0.1, -0.05) is 31.5 Å². The van der Waals surface area contributed by atoms with Gasteiger partial charge < -0.3 is 15.6 Å². The highest BCUT2D eigenvalue weighted by molar-refractivity contribution is 7.91. The largest absolute Gasteiger partial charge is 0.478 e. The number of allylic oxidation sites excluding steroid dienone is 1. The topological polar surface area (TPSA) is 119 Å². The third-order valence-corrected chi connectivity index (χ3v) is 5.44. The molecule has 0 saturated carbocycles. The molecule has 1 aliphatic rings. The molecule has 0 bridgehead atoms. The highest BCUT2D eigenvalue weighted by Gasteiger charge is 2.45. The van der Waals surface area contributed by atoms with Gasteiger partial charge in [0.25, 0.3) is 15.0 Å². The van der Waals surface area contributed by atoms with Gasteiger partial charge >= 0.3 is 5.97 Å². The molecule has 4 N–H and O–H groups in total. The Morgan fingerprint density at radius 3 is 2.60 bits per heavy atom. The number of aliphatic carboxylic acids is 1. The smallest absolute Gasteiger partial charge is 0.331 e. The Balaban J connectivity index is 2.51. The molecule has 8 heteroatoms. The molecule has 1 atom stereocenters. The van der Waals surface area contributed by atoms with Crippen molar-refractivity contribution in [2.75, 3.05) is 6.54 Å². The molecule has 1 aliphatic carbocycles. The minimum absolute atomic E-state index is 0.0420. The zero-order valence-electron chi connectivity index (χ0n) is 13.9. The Morgan fingerprint density at radius 2 is 2.00 bits per heavy atom. The average molecular weight is 366 g/mol. The summed E-state index contributed by atoms with van der Waals surface area (Å²) in [7, 11) is -4.08. The summed E-state index contributed by atoms with van der Waals surface area (Å²) in [4.78, 5) is 9.39. The summed E-state index contributed by atoms with van der Waals surface area (Å²) in [5, 5.41) is 9.31. The van der Waals surface area contributed by atoms with E-state index < -0.39 is 20.9 Å². The lowest BCUT2D eigenvalue weighted by Gasteiger charge is -2.32. The number of hydrogen-bond acceptors (Lipinski definition) is 5. The Morgan fingerprint density at radius 1 is 1.32 bits per heavy atom. The maximum absolute atomic E-state index is 12.9. The minimum atomic E-state index is -4.08. The molecular formula is C17H22N2O5S. The van der Waals surface area contributed by atoms with Gasteiger partial charge in [0.05, 0.1) is 0 Å². The molecule has 2 rings (SSSR count). The Bertz CT molecular complexity index is 787. The minimum Gasteiger partial charge on any atom is -0.478 e. The van der Waals surface area contributed by atoms with Crippen molar-refractivity contribution >= 4 is 16.0 Å². The van der Waals surface area contributed by atoms with Crippen LogP contribution in [0.25, 0.3) is 0 Å². The van der Waals surface area contributed by atoms with Crippen LogP contribution in [0.2, 0.25) is 0 Å². The van der Waals surface area contributed by atoms with E-state index in [9.17, 15) is 18.3 Å². The van der Waals surface area contributed by atoms with Crippen molar-refractivity contribution < 1.29 is 23.1 Å². The van der Waals surface area contributed by atoms with Gasteiger partial charge in [-0.25, -0.2) is 17.9 Å². The molecule has 1 unspecified atom stereocenters. The van der Waals surface area contributed by atoms with E-state index in [0.29, 0.717) is 6.42 Å². The Hall–Kier alpha value is -2.32. The van der Waals surface area contributed by atoms with Crippen molar-refractivity contribution in [1.29, 1.82) is 0 Å². The number of carboxylic acids is 1. The molecule has 1 aromatic carbocycles. The second kappa shape index (κ2) is 7.71. The second-order valence-electron chi connectivity index (χ2n) is 5.76. The number of ether oxygens (including phenoxy) is 1. The number of nitrogens with one attached hydrogen (secondary N) is 1. The van der Waals surface area contributed by atoms with E-state index >= 15 is 0 Å². The molecular weight excluding hydrogens is 344 g/mol. The Kier molecular flexibility index (Phi) is 5.86. The van der Waals surface area contributed by atoms with Gasteiger partial charge in [0.1, 0.15) is 5.75 Å². The van der Waals surface area contributed by atoms with Gasteiger partial charge in [0.2, 0.25) is 0 Å². The monoisotopic (exact) mass is 366 g/mol. The van der Waals surface area contributed by atoms with Crippen molar-refractivity contribution in [3.63, 3.8) is 0 Å². The summed E-state index contributed by atoms with van der Waals surface area (Å²) >= 11 is 0. The van der Waals surface area contributed by atoms with Crippen LogP contribution in [0.3, 0.4) is 0 Å². The number of unbranched alkanes of at least 4 members (excludes halogenated alkanes) is 1. The van der Waals surface area contributed by atoms with Gasteiger partial charge in [-0.3, -0.25) is 0 Å². The zero-order valence-corrected chi connectivity index (χ0v) is 14.8. The average Bonchev–Trinajstić information content (AvgIpc) is 2.55. The molecule has 0 heterocycles. The summed E-state index contributed by atoms with van der Waals surface area (Å²) in [5.41, 5.74) is 5.82. The number of rotatable bonds is 8. The summed E-state index contributed by atoms with van der Waals surface area (Å²) in [6.45, 7) is 2.16. The summed E-state index contributed by atoms with van der Waals surface area (Å²) in [5.74, 6) is -0.948. The lowest BCUT2D eigenvalue weighted by molar-refractivity contribution is -0.132. The molecule has 0 aromatic heterocycles. The van der Waals surface area contributed by atoms with Crippen LogP contribution < -0.4 is 15.2 Å². The van der Waals surface area contributed by atoms with Crippen LogP contribution >= 0.6 is 0 Å². The lowest BCUT2D eigenvalue weighted by Crippen LogP contribution is -2.50. The first-order chi connectivity index (χ1) is 11.8. The molecule has 136 valence electrons. The maximum Gasteiger partial charge on any atom is 0.331 e. The zero-order chi connectivity index (χ0) is 18.5. The van der Waals surface area contributed by atoms with Crippen molar-refractivity contribution in [3.8, 4) is 5.75 Å². The number of sulfonamides is 1. The van der Waals surface area contributed by atoms with E-state index in [4.69, 9.17) is 10.5 Å². The standard InChI is InChI=1S/C17H22N2O5S/c1-2-3-9-19-25(22,23)17(24-15-7-5-4-6-8-15)11-13(16(20)21)10-14(18)12-17/h4-8,11-12,19H,2-3,9-10,18H2,1H3,(H,20,21). The van der Waals surface area contributed by atoms with Crippen molar-refractivity contribution in [3.05, 3.63) is 53.8 Å². The molecule has 7 nitrogen and oxygen atoms in total. The van der Waals surface area contributed by atoms with Crippen LogP contribution in [-0.4, -0.2) is 31.0 Å². The summed E-state index contributed by atoms with van der Waals surface area (Å²) in [6, 6.07) is 8.33. The van der Waals surface area contributed by atoms with E-state index in [-0.39, 0.29) is 30.0 Å². The van der Waals surface area contributed by atoms with Crippen LogP contribution in [0.5, 0.6) is 5.75 Å². The van der Waals surface area contributed by atoms with Crippen molar-refractivity contribution in [1.82, 2.24) is 4.72 Å². The van der Waals surface area contributed by atoms with Crippen LogP contribution in [0.4, 0.5) is 0 Å². The fourth-order valence-corrected chi connectivity index (χ4v) is 3.89. The Labute approximate surface area is 147 Å². The molecule has 0 radical (unpaired) electrons. The van der Waals surface area contributed by atoms with E-state index in [2.05, 4.69) is 4.72 Å². The molecule has 1 aromatic rings. The van der Waals surface area contributed by atoms with Crippen LogP contribution in [-0.2, 0) is 14.8 Å². The van der Waals surface area contributed by atoms with E-state index in [0.717, 1.165) is 12.5 Å². The molecule has 25 heavy (non-hydrogen) atoms. The molecule has 0 amide bonds. The number of carbonyl (C=O) groups is 1. The number of carboxylic acid groups (broad SMARTS) is 1. The number of nitrogens with two attached hydrogens (primary N) is 1. The van der Waals surface area contributed by atoms with Crippen LogP contribution in [0.15, 0.2) is 53.8 Å². The highest BCUT2D eigenvalue weighted by Crippen LogP contribution is 2.32. The summed E-state index contributed by atoms with van der Waals surface area (Å²) < 4.78 is 34.1. The highest BCUT2D eigenvalue weighted by atomic mass is 32.2. The quantitative estimate of drug-likeness (QED) is 0.603. The molecule has 0 spiro atoms. The first kappa shape index (κ1) is 19.0. The van der Waals surface area contributed by atoms with Crippen LogP contribution in [0, 0.1) is 0 Å². The normalized spacial score (nSPS) is 20.5. The van der Waals surface area contributed by atoms with E-state index in [1.807, 2.05) is 6.92 Å². The number of benzene rings is 1. The third kappa shape index (κ3) is 4.40. The predicted molar refractivity (Wildman–Crippen MR) is 94.2 cm³/mol. The van der Waals surface area contributed by atoms with Gasteiger partial charge in [0, 0.05) is 24.2 Å². The second-order valence-corrected chi connectivity index (χ2v) is 7.69. The SMILES string of the molecule is CCCCNS(=O)(=O)C1(Oc2ccccc2)C=C(N)CC(C(=O)O)=C1. The van der Waals surface area contributed by atoms with Gasteiger partial charge in [0.15, 0.2) is 0 Å². The van der Waals surface area contributed by atoms with E-state index in [1.165, 1.54) is 6.08 Å². The van der Waals surface area contributed by atoms with Crippen molar-refractivity contribution in [2.24, 2.45) is 5.73 Å². The first-order valence-electron chi connectivity index (χ1n) is 7.95. The number of hydrogen-bond donors (Lipinski definition) is 3. The van der Waals surface area contributed by atoms with Gasteiger partial charge in [-0.05, 0) is 30.7 Å². The fraction of sp³-hybridized carbons (Fsp3) is 0.353. The van der Waals surface area contributed by atoms with Crippen molar-refractivity contribution in [2.45, 2.75) is 31.1 Å². The fourth-order valence-electron chi connectivity index (χ4n) is 2.44. The number of para-hydroxylation sites is 1. The predicted octanol–water partition coefficient (Wildman–Crippen LogP) is 1.74. The molecule has 0 fully saturated rings. The lowest BCUT2D eigenvalue weighted by atomic mass is 10.0. The van der Waals surface area contributed by atoms with Gasteiger partial charge in [-0.15, -0.1) is 0 Å².